The molecule has 0 aromatic heterocycles. The number of piperidine rings is 1. The molecule has 0 atom stereocenters. The van der Waals surface area contributed by atoms with Gasteiger partial charge >= 0.3 is 6.09 Å². The Morgan fingerprint density at radius 1 is 1.04 bits per heavy atom. The number of nitrogens with one attached hydrogen (secondary N) is 2. The van der Waals surface area contributed by atoms with Crippen LogP contribution < -0.4 is 10.6 Å². The summed E-state index contributed by atoms with van der Waals surface area (Å²) in [5.74, 6) is -0.0748. The maximum absolute atomic E-state index is 12.2. The number of hydrogen-bond donors (Lipinski definition) is 2. The highest BCUT2D eigenvalue weighted by Crippen LogP contribution is 2.19. The lowest BCUT2D eigenvalue weighted by atomic mass is 9.91. The molecule has 0 saturated carbocycles. The number of amides is 3. The normalized spacial score (nSPS) is 16.3. The molecule has 1 aliphatic rings. The van der Waals surface area contributed by atoms with Crippen LogP contribution in [-0.2, 0) is 14.3 Å². The van der Waals surface area contributed by atoms with Crippen LogP contribution in [0.25, 0.3) is 0 Å². The number of hydrogen-bond acceptors (Lipinski definition) is 4. The van der Waals surface area contributed by atoms with Crippen LogP contribution in [0, 0.1) is 5.41 Å². The summed E-state index contributed by atoms with van der Waals surface area (Å²) in [5, 5.41) is 5.53. The van der Waals surface area contributed by atoms with Crippen molar-refractivity contribution in [3.8, 4) is 0 Å². The van der Waals surface area contributed by atoms with E-state index in [0.717, 1.165) is 12.8 Å². The van der Waals surface area contributed by atoms with Crippen LogP contribution in [0.2, 0.25) is 0 Å². The molecule has 7 heteroatoms. The molecule has 0 bridgehead atoms. The molecule has 144 valence electrons. The molecule has 1 saturated heterocycles. The zero-order valence-electron chi connectivity index (χ0n) is 16.4. The molecule has 3 amide bonds. The molecule has 1 aliphatic heterocycles. The zero-order chi connectivity index (χ0) is 19.3. The van der Waals surface area contributed by atoms with E-state index in [1.54, 1.807) is 25.7 Å². The first kappa shape index (κ1) is 21.3. The Labute approximate surface area is 150 Å². The second-order valence-electron chi connectivity index (χ2n) is 8.82. The molecule has 0 radical (unpaired) electrons. The standard InChI is InChI=1S/C18H33N3O4/c1-17(2,3)11-14(22)20-13-7-9-21(10-8-13)15(23)12-19-16(24)25-18(4,5)6/h13H,7-12H2,1-6H3,(H,19,24)(H,20,22). The lowest BCUT2D eigenvalue weighted by Crippen LogP contribution is -2.49. The van der Waals surface area contributed by atoms with Crippen molar-refractivity contribution in [2.75, 3.05) is 19.6 Å². The summed E-state index contributed by atoms with van der Waals surface area (Å²) in [6.07, 6.45) is 1.36. The first-order valence-corrected chi connectivity index (χ1v) is 8.90. The van der Waals surface area contributed by atoms with E-state index in [1.807, 2.05) is 20.8 Å². The van der Waals surface area contributed by atoms with E-state index < -0.39 is 11.7 Å². The van der Waals surface area contributed by atoms with Gasteiger partial charge in [0.2, 0.25) is 11.8 Å². The molecule has 25 heavy (non-hydrogen) atoms. The summed E-state index contributed by atoms with van der Waals surface area (Å²) in [6.45, 7) is 12.5. The van der Waals surface area contributed by atoms with E-state index in [-0.39, 0.29) is 29.8 Å². The maximum Gasteiger partial charge on any atom is 0.408 e. The minimum Gasteiger partial charge on any atom is -0.444 e. The summed E-state index contributed by atoms with van der Waals surface area (Å²) >= 11 is 0. The van der Waals surface area contributed by atoms with Crippen LogP contribution in [0.1, 0.15) is 60.8 Å². The summed E-state index contributed by atoms with van der Waals surface area (Å²) in [7, 11) is 0. The second kappa shape index (κ2) is 8.54. The van der Waals surface area contributed by atoms with Gasteiger partial charge in [-0.15, -0.1) is 0 Å². The highest BCUT2D eigenvalue weighted by molar-refractivity contribution is 5.82. The van der Waals surface area contributed by atoms with E-state index >= 15 is 0 Å². The molecule has 0 aliphatic carbocycles. The smallest absolute Gasteiger partial charge is 0.408 e. The van der Waals surface area contributed by atoms with Gasteiger partial charge in [-0.25, -0.2) is 4.79 Å². The van der Waals surface area contributed by atoms with Gasteiger partial charge in [0.15, 0.2) is 0 Å². The molecule has 1 rings (SSSR count). The van der Waals surface area contributed by atoms with Crippen molar-refractivity contribution in [2.45, 2.75) is 72.4 Å². The van der Waals surface area contributed by atoms with Crippen molar-refractivity contribution >= 4 is 17.9 Å². The number of alkyl carbamates (subject to hydrolysis) is 1. The Hall–Kier alpha value is -1.79. The molecule has 1 heterocycles. The van der Waals surface area contributed by atoms with Crippen LogP contribution >= 0.6 is 0 Å². The quantitative estimate of drug-likeness (QED) is 0.808. The van der Waals surface area contributed by atoms with Gasteiger partial charge < -0.3 is 20.3 Å². The number of nitrogens with zero attached hydrogens (tertiary/aromatic N) is 1. The third-order valence-corrected chi connectivity index (χ3v) is 3.69. The van der Waals surface area contributed by atoms with E-state index in [4.69, 9.17) is 4.74 Å². The number of rotatable bonds is 4. The minimum atomic E-state index is -0.592. The average Bonchev–Trinajstić information content (AvgIpc) is 2.41. The molecule has 0 unspecified atom stereocenters. The van der Waals surface area contributed by atoms with Gasteiger partial charge in [-0.3, -0.25) is 9.59 Å². The van der Waals surface area contributed by atoms with Gasteiger partial charge in [-0.1, -0.05) is 20.8 Å². The van der Waals surface area contributed by atoms with Crippen molar-refractivity contribution in [2.24, 2.45) is 5.41 Å². The average molecular weight is 355 g/mol. The maximum atomic E-state index is 12.2. The van der Waals surface area contributed by atoms with Crippen LogP contribution in [0.3, 0.4) is 0 Å². The molecule has 0 spiro atoms. The minimum absolute atomic E-state index is 0.0336. The monoisotopic (exact) mass is 355 g/mol. The van der Waals surface area contributed by atoms with Gasteiger partial charge in [0.1, 0.15) is 12.1 Å². The third kappa shape index (κ3) is 9.31. The Morgan fingerprint density at radius 3 is 2.08 bits per heavy atom. The van der Waals surface area contributed by atoms with Crippen molar-refractivity contribution in [3.05, 3.63) is 0 Å². The first-order chi connectivity index (χ1) is 11.4. The van der Waals surface area contributed by atoms with Crippen molar-refractivity contribution in [1.82, 2.24) is 15.5 Å². The number of carbonyl (C=O) groups is 3. The van der Waals surface area contributed by atoms with Gasteiger partial charge in [0.25, 0.3) is 0 Å². The lowest BCUT2D eigenvalue weighted by molar-refractivity contribution is -0.131. The number of likely N-dealkylation sites (tertiary alicyclic amines) is 1. The topological polar surface area (TPSA) is 87.7 Å². The van der Waals surface area contributed by atoms with Crippen molar-refractivity contribution in [3.63, 3.8) is 0 Å². The molecule has 2 N–H and O–H groups in total. The fourth-order valence-electron chi connectivity index (χ4n) is 2.61. The summed E-state index contributed by atoms with van der Waals surface area (Å²) in [6, 6.07) is 0.109. The SMILES string of the molecule is CC(C)(C)CC(=O)NC1CCN(C(=O)CNC(=O)OC(C)(C)C)CC1. The van der Waals surface area contributed by atoms with Crippen molar-refractivity contribution < 1.29 is 19.1 Å². The third-order valence-electron chi connectivity index (χ3n) is 3.69. The predicted octanol–water partition coefficient (Wildman–Crippen LogP) is 2.05. The fraction of sp³-hybridized carbons (Fsp3) is 0.833. The summed E-state index contributed by atoms with van der Waals surface area (Å²) in [5.41, 5.74) is -0.620. The van der Waals surface area contributed by atoms with Crippen LogP contribution in [0.5, 0.6) is 0 Å². The van der Waals surface area contributed by atoms with Crippen LogP contribution in [0.4, 0.5) is 4.79 Å². The van der Waals surface area contributed by atoms with E-state index in [0.29, 0.717) is 19.5 Å². The largest absolute Gasteiger partial charge is 0.444 e. The number of ether oxygens (including phenoxy) is 1. The fourth-order valence-corrected chi connectivity index (χ4v) is 2.61. The number of carbonyl (C=O) groups excluding carboxylic acids is 3. The Morgan fingerprint density at radius 2 is 1.60 bits per heavy atom. The molecular formula is C18H33N3O4. The van der Waals surface area contributed by atoms with Gasteiger partial charge in [-0.05, 0) is 39.0 Å². The van der Waals surface area contributed by atoms with E-state index in [2.05, 4.69) is 10.6 Å². The van der Waals surface area contributed by atoms with E-state index in [9.17, 15) is 14.4 Å². The van der Waals surface area contributed by atoms with Gasteiger partial charge in [-0.2, -0.15) is 0 Å². The first-order valence-electron chi connectivity index (χ1n) is 8.90. The Bertz CT molecular complexity index is 484. The lowest BCUT2D eigenvalue weighted by Gasteiger charge is -2.33. The van der Waals surface area contributed by atoms with Gasteiger partial charge in [0.05, 0.1) is 0 Å². The molecule has 0 aromatic rings. The van der Waals surface area contributed by atoms with E-state index in [1.165, 1.54) is 0 Å². The summed E-state index contributed by atoms with van der Waals surface area (Å²) < 4.78 is 5.11. The van der Waals surface area contributed by atoms with Gasteiger partial charge in [0, 0.05) is 25.6 Å². The molecule has 7 nitrogen and oxygen atoms in total. The van der Waals surface area contributed by atoms with Crippen LogP contribution in [0.15, 0.2) is 0 Å². The van der Waals surface area contributed by atoms with Crippen molar-refractivity contribution in [1.29, 1.82) is 0 Å². The zero-order valence-corrected chi connectivity index (χ0v) is 16.4. The molecule has 0 aromatic carbocycles. The predicted molar refractivity (Wildman–Crippen MR) is 96.1 cm³/mol. The molecular weight excluding hydrogens is 322 g/mol. The van der Waals surface area contributed by atoms with Crippen LogP contribution in [-0.4, -0.2) is 54.1 Å². The highest BCUT2D eigenvalue weighted by atomic mass is 16.6. The highest BCUT2D eigenvalue weighted by Gasteiger charge is 2.25. The Kier molecular flexibility index (Phi) is 7.26. The molecule has 1 fully saturated rings. The second-order valence-corrected chi connectivity index (χ2v) is 8.82. The summed E-state index contributed by atoms with van der Waals surface area (Å²) in [4.78, 5) is 37.4. The Balaban J connectivity index is 2.30.